The van der Waals surface area contributed by atoms with E-state index in [1.54, 1.807) is 13.1 Å². The lowest BCUT2D eigenvalue weighted by atomic mass is 10.00. The number of aromatic amines is 1. The summed E-state index contributed by atoms with van der Waals surface area (Å²) in [5.74, 6) is -4.08. The molecular formula is C31H39NO11. The number of allylic oxidation sites excluding steroid dienone is 1. The van der Waals surface area contributed by atoms with Gasteiger partial charge in [0.2, 0.25) is 0 Å². The molecule has 0 amide bonds. The van der Waals surface area contributed by atoms with E-state index >= 15 is 0 Å². The van der Waals surface area contributed by atoms with Crippen molar-refractivity contribution in [3.05, 3.63) is 53.9 Å². The standard InChI is InChI=1S/C31H39NO11/c1-6-23(40-28(38)16-15-19-17-32-21-14-12-11-13-20(19)21)30(42-26(36)9-4)31(43-27(37)10-5)29(41-25(35)8-3)22(33)18-39-24(34)7-2/h6,11-17,22,29-33H,7-10,18H2,1-5H3/b16-15+,23-6-/t22-,29-,30+,31+/m1/s1. The SMILES string of the molecule is C/C=C(\OC(=O)/C=C/c1c[nH]c2ccccc12)[C@H](OC(=O)CC)[C@@H](OC(=O)CC)[C@H](OC(=O)CC)[C@H](O)COC(=O)CC. The van der Waals surface area contributed by atoms with Gasteiger partial charge < -0.3 is 33.8 Å². The van der Waals surface area contributed by atoms with Crippen molar-refractivity contribution in [1.82, 2.24) is 4.98 Å². The van der Waals surface area contributed by atoms with Gasteiger partial charge in [-0.15, -0.1) is 0 Å². The minimum absolute atomic E-state index is 0.0157. The summed E-state index contributed by atoms with van der Waals surface area (Å²) in [4.78, 5) is 65.3. The number of nitrogens with one attached hydrogen (secondary N) is 1. The first kappa shape index (κ1) is 34.7. The van der Waals surface area contributed by atoms with Crippen molar-refractivity contribution in [2.24, 2.45) is 0 Å². The molecule has 2 N–H and O–H groups in total. The Morgan fingerprint density at radius 1 is 0.837 bits per heavy atom. The molecule has 2 rings (SSSR count). The molecule has 1 aromatic heterocycles. The zero-order chi connectivity index (χ0) is 31.9. The highest BCUT2D eigenvalue weighted by Gasteiger charge is 2.45. The predicted octanol–water partition coefficient (Wildman–Crippen LogP) is 3.91. The van der Waals surface area contributed by atoms with Crippen LogP contribution in [-0.4, -0.2) is 71.0 Å². The molecule has 12 nitrogen and oxygen atoms in total. The average Bonchev–Trinajstić information content (AvgIpc) is 3.44. The second kappa shape index (κ2) is 17.5. The quantitative estimate of drug-likeness (QED) is 0.124. The van der Waals surface area contributed by atoms with Gasteiger partial charge in [0.25, 0.3) is 0 Å². The number of carbonyl (C=O) groups is 5. The molecule has 1 heterocycles. The van der Waals surface area contributed by atoms with Crippen molar-refractivity contribution < 1.29 is 52.8 Å². The zero-order valence-electron chi connectivity index (χ0n) is 25.0. The fourth-order valence-corrected chi connectivity index (χ4v) is 3.84. The summed E-state index contributed by atoms with van der Waals surface area (Å²) in [6, 6.07) is 7.48. The van der Waals surface area contributed by atoms with Crippen LogP contribution in [0.1, 0.15) is 65.9 Å². The Hall–Kier alpha value is -4.45. The van der Waals surface area contributed by atoms with Crippen LogP contribution in [-0.2, 0) is 47.7 Å². The molecule has 0 radical (unpaired) electrons. The monoisotopic (exact) mass is 601 g/mol. The summed E-state index contributed by atoms with van der Waals surface area (Å²) in [7, 11) is 0. The molecule has 4 atom stereocenters. The van der Waals surface area contributed by atoms with Crippen molar-refractivity contribution in [2.75, 3.05) is 6.61 Å². The number of esters is 5. The van der Waals surface area contributed by atoms with Crippen LogP contribution in [0, 0.1) is 0 Å². The molecule has 12 heteroatoms. The van der Waals surface area contributed by atoms with Gasteiger partial charge in [-0.25, -0.2) is 4.79 Å². The molecule has 0 bridgehead atoms. The van der Waals surface area contributed by atoms with Crippen LogP contribution < -0.4 is 0 Å². The van der Waals surface area contributed by atoms with Crippen molar-refractivity contribution in [2.45, 2.75) is 84.7 Å². The third-order valence-corrected chi connectivity index (χ3v) is 6.17. The molecule has 0 unspecified atom stereocenters. The highest BCUT2D eigenvalue weighted by molar-refractivity contribution is 5.94. The summed E-state index contributed by atoms with van der Waals surface area (Å²) in [6.07, 6.45) is -1.31. The number of fused-ring (bicyclic) bond motifs is 1. The van der Waals surface area contributed by atoms with Crippen LogP contribution in [0.15, 0.2) is 48.4 Å². The first-order valence-corrected chi connectivity index (χ1v) is 14.1. The van der Waals surface area contributed by atoms with Gasteiger partial charge in [-0.1, -0.05) is 45.9 Å². The van der Waals surface area contributed by atoms with Crippen molar-refractivity contribution >= 4 is 46.8 Å². The van der Waals surface area contributed by atoms with E-state index in [0.717, 1.165) is 16.5 Å². The summed E-state index contributed by atoms with van der Waals surface area (Å²) < 4.78 is 27.1. The number of ether oxygens (including phenoxy) is 5. The Bertz CT molecular complexity index is 1330. The number of hydrogen-bond acceptors (Lipinski definition) is 11. The van der Waals surface area contributed by atoms with Gasteiger partial charge in [0.15, 0.2) is 18.3 Å². The minimum atomic E-state index is -1.71. The molecule has 0 fully saturated rings. The predicted molar refractivity (Wildman–Crippen MR) is 155 cm³/mol. The Labute approximate surface area is 250 Å². The molecule has 0 saturated heterocycles. The van der Waals surface area contributed by atoms with E-state index in [2.05, 4.69) is 4.98 Å². The van der Waals surface area contributed by atoms with Crippen LogP contribution in [0.4, 0.5) is 0 Å². The second-order valence-electron chi connectivity index (χ2n) is 9.22. The number of aliphatic hydroxyl groups excluding tert-OH is 1. The molecule has 234 valence electrons. The Morgan fingerprint density at radius 2 is 1.42 bits per heavy atom. The third kappa shape index (κ3) is 10.4. The van der Waals surface area contributed by atoms with Gasteiger partial charge in [0, 0.05) is 54.4 Å². The first-order valence-electron chi connectivity index (χ1n) is 14.1. The van der Waals surface area contributed by atoms with E-state index in [-0.39, 0.29) is 31.4 Å². The number of hydrogen-bond donors (Lipinski definition) is 2. The van der Waals surface area contributed by atoms with Gasteiger partial charge in [-0.3, -0.25) is 19.2 Å². The van der Waals surface area contributed by atoms with E-state index in [0.29, 0.717) is 0 Å². The number of carbonyl (C=O) groups excluding carboxylic acids is 5. The fourth-order valence-electron chi connectivity index (χ4n) is 3.84. The highest BCUT2D eigenvalue weighted by atomic mass is 16.6. The van der Waals surface area contributed by atoms with Gasteiger partial charge >= 0.3 is 29.8 Å². The average molecular weight is 602 g/mol. The van der Waals surface area contributed by atoms with Crippen LogP contribution in [0.5, 0.6) is 0 Å². The number of aliphatic hydroxyl groups is 1. The molecule has 0 aliphatic heterocycles. The molecular weight excluding hydrogens is 562 g/mol. The van der Waals surface area contributed by atoms with Crippen LogP contribution in [0.3, 0.4) is 0 Å². The zero-order valence-corrected chi connectivity index (χ0v) is 25.0. The minimum Gasteiger partial charge on any atom is -0.463 e. The van der Waals surface area contributed by atoms with Crippen LogP contribution in [0.25, 0.3) is 17.0 Å². The number of aromatic nitrogens is 1. The number of H-pyrrole nitrogens is 1. The first-order chi connectivity index (χ1) is 20.6. The maximum atomic E-state index is 12.9. The van der Waals surface area contributed by atoms with Gasteiger partial charge in [0.1, 0.15) is 18.5 Å². The molecule has 0 spiro atoms. The maximum absolute atomic E-state index is 12.9. The largest absolute Gasteiger partial charge is 0.463 e. The van der Waals surface area contributed by atoms with Gasteiger partial charge in [0.05, 0.1) is 0 Å². The lowest BCUT2D eigenvalue weighted by Gasteiger charge is -2.35. The van der Waals surface area contributed by atoms with E-state index in [4.69, 9.17) is 23.7 Å². The van der Waals surface area contributed by atoms with Crippen LogP contribution >= 0.6 is 0 Å². The lowest BCUT2D eigenvalue weighted by molar-refractivity contribution is -0.198. The smallest absolute Gasteiger partial charge is 0.335 e. The topological polar surface area (TPSA) is 168 Å². The van der Waals surface area contributed by atoms with Crippen molar-refractivity contribution in [3.63, 3.8) is 0 Å². The molecule has 0 saturated carbocycles. The van der Waals surface area contributed by atoms with Crippen LogP contribution in [0.2, 0.25) is 0 Å². The van der Waals surface area contributed by atoms with Crippen molar-refractivity contribution in [1.29, 1.82) is 0 Å². The Kier molecular flexibility index (Phi) is 14.1. The summed E-state index contributed by atoms with van der Waals surface area (Å²) in [6.45, 7) is 6.94. The number of para-hydroxylation sites is 1. The summed E-state index contributed by atoms with van der Waals surface area (Å²) >= 11 is 0. The highest BCUT2D eigenvalue weighted by Crippen LogP contribution is 2.25. The number of rotatable bonds is 16. The van der Waals surface area contributed by atoms with Gasteiger partial charge in [-0.2, -0.15) is 0 Å². The normalized spacial score (nSPS) is 14.4. The number of benzene rings is 1. The van der Waals surface area contributed by atoms with Crippen molar-refractivity contribution in [3.8, 4) is 0 Å². The molecule has 2 aromatic rings. The fraction of sp³-hybridized carbons (Fsp3) is 0.452. The van der Waals surface area contributed by atoms with E-state index < -0.39 is 60.9 Å². The van der Waals surface area contributed by atoms with E-state index in [1.165, 1.54) is 45.9 Å². The lowest BCUT2D eigenvalue weighted by Crippen LogP contribution is -2.53. The maximum Gasteiger partial charge on any atom is 0.335 e. The summed E-state index contributed by atoms with van der Waals surface area (Å²) in [5, 5.41) is 11.9. The molecule has 43 heavy (non-hydrogen) atoms. The third-order valence-electron chi connectivity index (χ3n) is 6.17. The Morgan fingerprint density at radius 3 is 2.02 bits per heavy atom. The van der Waals surface area contributed by atoms with E-state index in [1.807, 2.05) is 24.3 Å². The summed E-state index contributed by atoms with van der Waals surface area (Å²) in [5.41, 5.74) is 1.59. The molecule has 1 aromatic carbocycles. The second-order valence-corrected chi connectivity index (χ2v) is 9.22. The van der Waals surface area contributed by atoms with E-state index in [9.17, 15) is 29.1 Å². The Balaban J connectivity index is 2.48. The molecule has 0 aliphatic carbocycles. The molecule has 0 aliphatic rings. The van der Waals surface area contributed by atoms with Gasteiger partial charge in [-0.05, 0) is 25.1 Å².